The van der Waals surface area contributed by atoms with Crippen LogP contribution in [0.25, 0.3) is 21.8 Å². The lowest BCUT2D eigenvalue weighted by Gasteiger charge is -2.23. The number of ether oxygens (including phenoxy) is 4. The summed E-state index contributed by atoms with van der Waals surface area (Å²) in [4.78, 5) is 7.07. The first kappa shape index (κ1) is 14.7. The van der Waals surface area contributed by atoms with Crippen molar-refractivity contribution in [2.24, 2.45) is 0 Å². The van der Waals surface area contributed by atoms with Gasteiger partial charge in [-0.2, -0.15) is 0 Å². The second-order valence-electron chi connectivity index (χ2n) is 7.71. The molecular weight excluding hydrogens is 356 g/mol. The van der Waals surface area contributed by atoms with Crippen molar-refractivity contribution in [2.45, 2.75) is 25.2 Å². The van der Waals surface area contributed by atoms with Crippen LogP contribution in [0, 0.1) is 0 Å². The summed E-state index contributed by atoms with van der Waals surface area (Å²) in [6.45, 7) is 0.587. The number of aryl methyl sites for hydroxylation is 1. The Morgan fingerprint density at radius 2 is 1.46 bits per heavy atom. The zero-order chi connectivity index (χ0) is 18.2. The summed E-state index contributed by atoms with van der Waals surface area (Å²) in [5.74, 6) is 3.62. The first-order valence-electron chi connectivity index (χ1n) is 9.70. The van der Waals surface area contributed by atoms with Crippen molar-refractivity contribution in [3.05, 3.63) is 47.3 Å². The SMILES string of the molecule is c1[nH]c2cc3c(cc2c1C1CCCc2[nH]c4cc5c(cc4c21)OCO5)OCO3. The molecular formula is C22H18N2O4. The number of aromatic nitrogens is 2. The van der Waals surface area contributed by atoms with Crippen molar-refractivity contribution in [1.29, 1.82) is 0 Å². The molecule has 7 rings (SSSR count). The fourth-order valence-corrected chi connectivity index (χ4v) is 5.02. The molecule has 6 heteroatoms. The van der Waals surface area contributed by atoms with Crippen molar-refractivity contribution in [1.82, 2.24) is 9.97 Å². The number of hydrogen-bond acceptors (Lipinski definition) is 4. The molecule has 1 unspecified atom stereocenters. The molecule has 1 aliphatic carbocycles. The van der Waals surface area contributed by atoms with E-state index < -0.39 is 0 Å². The highest BCUT2D eigenvalue weighted by Crippen LogP contribution is 2.47. The molecule has 3 aliphatic rings. The number of H-pyrrole nitrogens is 2. The molecule has 4 heterocycles. The minimum Gasteiger partial charge on any atom is -0.454 e. The lowest BCUT2D eigenvalue weighted by Crippen LogP contribution is -2.09. The van der Waals surface area contributed by atoms with Crippen molar-refractivity contribution in [2.75, 3.05) is 13.6 Å². The van der Waals surface area contributed by atoms with E-state index in [9.17, 15) is 0 Å². The summed E-state index contributed by atoms with van der Waals surface area (Å²) in [7, 11) is 0. The van der Waals surface area contributed by atoms with Crippen LogP contribution < -0.4 is 18.9 Å². The highest BCUT2D eigenvalue weighted by atomic mass is 16.7. The van der Waals surface area contributed by atoms with Crippen LogP contribution in [0.15, 0.2) is 30.5 Å². The molecule has 4 aromatic rings. The van der Waals surface area contributed by atoms with Crippen LogP contribution >= 0.6 is 0 Å². The number of nitrogens with one attached hydrogen (secondary N) is 2. The Bertz CT molecular complexity index is 1270. The largest absolute Gasteiger partial charge is 0.454 e. The zero-order valence-electron chi connectivity index (χ0n) is 15.1. The van der Waals surface area contributed by atoms with Crippen LogP contribution in [0.2, 0.25) is 0 Å². The molecule has 140 valence electrons. The average Bonchev–Trinajstić information content (AvgIpc) is 3.48. The number of hydrogen-bond donors (Lipinski definition) is 2. The molecule has 0 saturated heterocycles. The highest BCUT2D eigenvalue weighted by Gasteiger charge is 2.30. The Morgan fingerprint density at radius 1 is 0.786 bits per heavy atom. The van der Waals surface area contributed by atoms with E-state index in [4.69, 9.17) is 18.9 Å². The van der Waals surface area contributed by atoms with Crippen LogP contribution in [0.5, 0.6) is 23.0 Å². The highest BCUT2D eigenvalue weighted by molar-refractivity contribution is 5.92. The second kappa shape index (κ2) is 5.16. The Labute approximate surface area is 160 Å². The van der Waals surface area contributed by atoms with Gasteiger partial charge in [0.1, 0.15) is 0 Å². The van der Waals surface area contributed by atoms with Gasteiger partial charge in [-0.3, -0.25) is 0 Å². The zero-order valence-corrected chi connectivity index (χ0v) is 15.1. The lowest BCUT2D eigenvalue weighted by molar-refractivity contribution is 0.173. The Hall–Kier alpha value is -3.28. The van der Waals surface area contributed by atoms with Gasteiger partial charge in [-0.05, 0) is 42.5 Å². The quantitative estimate of drug-likeness (QED) is 0.512. The van der Waals surface area contributed by atoms with E-state index >= 15 is 0 Å². The van der Waals surface area contributed by atoms with E-state index in [-0.39, 0.29) is 0 Å². The third kappa shape index (κ3) is 1.87. The molecule has 2 aromatic carbocycles. The van der Waals surface area contributed by atoms with Gasteiger partial charge in [0.2, 0.25) is 13.6 Å². The molecule has 1 atom stereocenters. The topological polar surface area (TPSA) is 68.5 Å². The third-order valence-corrected chi connectivity index (χ3v) is 6.26. The van der Waals surface area contributed by atoms with Gasteiger partial charge in [0.05, 0.1) is 0 Å². The molecule has 0 radical (unpaired) electrons. The Morgan fingerprint density at radius 3 is 2.25 bits per heavy atom. The molecule has 2 aliphatic heterocycles. The maximum absolute atomic E-state index is 5.64. The standard InChI is InChI=1S/C22H18N2O4/c1-2-11(14-8-23-16-6-20-18(4-12(14)16)25-9-27-20)22-13-5-19-21(28-10-26-19)7-17(13)24-15(22)3-1/h4-8,11,23-24H,1-3,9-10H2. The summed E-state index contributed by atoms with van der Waals surface area (Å²) in [5, 5.41) is 2.44. The maximum atomic E-state index is 5.64. The average molecular weight is 374 g/mol. The van der Waals surface area contributed by atoms with Gasteiger partial charge < -0.3 is 28.9 Å². The summed E-state index contributed by atoms with van der Waals surface area (Å²) in [6.07, 6.45) is 5.50. The number of benzene rings is 2. The molecule has 0 fully saturated rings. The fraction of sp³-hybridized carbons (Fsp3) is 0.273. The van der Waals surface area contributed by atoms with Gasteiger partial charge in [-0.25, -0.2) is 0 Å². The van der Waals surface area contributed by atoms with Gasteiger partial charge in [-0.1, -0.05) is 0 Å². The Balaban J connectivity index is 1.45. The number of aromatic amines is 2. The molecule has 0 spiro atoms. The van der Waals surface area contributed by atoms with Crippen LogP contribution in [-0.4, -0.2) is 23.6 Å². The normalized spacial score (nSPS) is 19.5. The van der Waals surface area contributed by atoms with Crippen molar-refractivity contribution in [3.8, 4) is 23.0 Å². The molecule has 6 nitrogen and oxygen atoms in total. The first-order valence-corrected chi connectivity index (χ1v) is 9.70. The van der Waals surface area contributed by atoms with Crippen LogP contribution in [0.3, 0.4) is 0 Å². The van der Waals surface area contributed by atoms with E-state index in [1.165, 1.54) is 27.6 Å². The van der Waals surface area contributed by atoms with Gasteiger partial charge in [0, 0.05) is 51.7 Å². The van der Waals surface area contributed by atoms with Crippen molar-refractivity contribution >= 4 is 21.8 Å². The third-order valence-electron chi connectivity index (χ3n) is 6.26. The fourth-order valence-electron chi connectivity index (χ4n) is 5.02. The smallest absolute Gasteiger partial charge is 0.231 e. The van der Waals surface area contributed by atoms with E-state index in [2.05, 4.69) is 34.4 Å². The summed E-state index contributed by atoms with van der Waals surface area (Å²) >= 11 is 0. The van der Waals surface area contributed by atoms with Crippen LogP contribution in [-0.2, 0) is 6.42 Å². The minimum absolute atomic E-state index is 0.292. The summed E-state index contributed by atoms with van der Waals surface area (Å²) in [5.41, 5.74) is 6.23. The Kier molecular flexibility index (Phi) is 2.72. The second-order valence-corrected chi connectivity index (χ2v) is 7.71. The first-order chi connectivity index (χ1) is 13.8. The van der Waals surface area contributed by atoms with Gasteiger partial charge in [0.15, 0.2) is 23.0 Å². The summed E-state index contributed by atoms with van der Waals surface area (Å²) < 4.78 is 22.4. The van der Waals surface area contributed by atoms with Crippen LogP contribution in [0.4, 0.5) is 0 Å². The maximum Gasteiger partial charge on any atom is 0.231 e. The molecule has 0 amide bonds. The van der Waals surface area contributed by atoms with Gasteiger partial charge in [-0.15, -0.1) is 0 Å². The summed E-state index contributed by atoms with van der Waals surface area (Å²) in [6, 6.07) is 8.36. The lowest BCUT2D eigenvalue weighted by atomic mass is 9.80. The molecule has 2 N–H and O–H groups in total. The molecule has 0 bridgehead atoms. The van der Waals surface area contributed by atoms with E-state index in [1.54, 1.807) is 0 Å². The molecule has 28 heavy (non-hydrogen) atoms. The van der Waals surface area contributed by atoms with Crippen LogP contribution in [0.1, 0.15) is 35.6 Å². The number of rotatable bonds is 1. The van der Waals surface area contributed by atoms with E-state index in [0.29, 0.717) is 19.5 Å². The number of fused-ring (bicyclic) bond motifs is 6. The molecule has 2 aromatic heterocycles. The van der Waals surface area contributed by atoms with Crippen molar-refractivity contribution in [3.63, 3.8) is 0 Å². The predicted octanol–water partition coefficient (Wildman–Crippen LogP) is 4.57. The van der Waals surface area contributed by atoms with Gasteiger partial charge in [0.25, 0.3) is 0 Å². The molecule has 0 saturated carbocycles. The van der Waals surface area contributed by atoms with Crippen molar-refractivity contribution < 1.29 is 18.9 Å². The minimum atomic E-state index is 0.292. The predicted molar refractivity (Wildman–Crippen MR) is 104 cm³/mol. The van der Waals surface area contributed by atoms with Gasteiger partial charge >= 0.3 is 0 Å². The van der Waals surface area contributed by atoms with E-state index in [0.717, 1.165) is 53.3 Å². The monoisotopic (exact) mass is 374 g/mol. The van der Waals surface area contributed by atoms with E-state index in [1.807, 2.05) is 6.07 Å².